The van der Waals surface area contributed by atoms with E-state index in [4.69, 9.17) is 4.74 Å². The van der Waals surface area contributed by atoms with Crippen molar-refractivity contribution in [2.75, 3.05) is 5.32 Å². The van der Waals surface area contributed by atoms with Gasteiger partial charge < -0.3 is 15.4 Å². The van der Waals surface area contributed by atoms with Gasteiger partial charge in [0, 0.05) is 6.54 Å². The lowest BCUT2D eigenvalue weighted by Crippen LogP contribution is -2.33. The van der Waals surface area contributed by atoms with Crippen molar-refractivity contribution in [1.29, 1.82) is 0 Å². The van der Waals surface area contributed by atoms with E-state index in [1.54, 1.807) is 24.3 Å². The Balaban J connectivity index is 1.66. The summed E-state index contributed by atoms with van der Waals surface area (Å²) in [6.45, 7) is 4.39. The minimum Gasteiger partial charge on any atom is -0.481 e. The van der Waals surface area contributed by atoms with Gasteiger partial charge in [0.2, 0.25) is 0 Å². The van der Waals surface area contributed by atoms with E-state index in [1.807, 2.05) is 61.5 Å². The van der Waals surface area contributed by atoms with Gasteiger partial charge in [-0.3, -0.25) is 9.59 Å². The number of aryl methyl sites for hydroxylation is 1. The molecule has 0 fully saturated rings. The molecule has 3 rings (SSSR count). The quantitative estimate of drug-likeness (QED) is 0.517. The van der Waals surface area contributed by atoms with Crippen LogP contribution in [-0.2, 0) is 17.8 Å². The summed E-state index contributed by atoms with van der Waals surface area (Å²) in [6, 6.07) is 24.4. The second kappa shape index (κ2) is 11.0. The first kappa shape index (κ1) is 22.1. The maximum absolute atomic E-state index is 12.9. The molecule has 0 radical (unpaired) electrons. The molecule has 0 spiro atoms. The summed E-state index contributed by atoms with van der Waals surface area (Å²) >= 11 is 0. The predicted octanol–water partition coefficient (Wildman–Crippen LogP) is 4.98. The maximum atomic E-state index is 12.9. The predicted molar refractivity (Wildman–Crippen MR) is 123 cm³/mol. The molecular formula is C26H28N2O3. The van der Waals surface area contributed by atoms with E-state index in [1.165, 1.54) is 5.56 Å². The number of carbonyl (C=O) groups excluding carboxylic acids is 2. The SMILES string of the molecule is CCc1ccc(OC(CC)C(=O)Nc2ccccc2C(=O)NCc2ccccc2)cc1. The van der Waals surface area contributed by atoms with Crippen molar-refractivity contribution >= 4 is 17.5 Å². The van der Waals surface area contributed by atoms with Crippen LogP contribution in [0.5, 0.6) is 5.75 Å². The number of nitrogens with one attached hydrogen (secondary N) is 2. The highest BCUT2D eigenvalue weighted by Gasteiger charge is 2.21. The summed E-state index contributed by atoms with van der Waals surface area (Å²) in [5.41, 5.74) is 3.08. The van der Waals surface area contributed by atoms with Crippen molar-refractivity contribution in [3.05, 3.63) is 95.6 Å². The maximum Gasteiger partial charge on any atom is 0.265 e. The fourth-order valence-electron chi connectivity index (χ4n) is 3.17. The lowest BCUT2D eigenvalue weighted by molar-refractivity contribution is -0.122. The van der Waals surface area contributed by atoms with E-state index in [0.717, 1.165) is 12.0 Å². The number of benzene rings is 3. The highest BCUT2D eigenvalue weighted by molar-refractivity contribution is 6.04. The first-order valence-corrected chi connectivity index (χ1v) is 10.6. The Morgan fingerprint density at radius 2 is 1.52 bits per heavy atom. The zero-order chi connectivity index (χ0) is 22.1. The zero-order valence-electron chi connectivity index (χ0n) is 17.9. The van der Waals surface area contributed by atoms with Gasteiger partial charge in [-0.25, -0.2) is 0 Å². The lowest BCUT2D eigenvalue weighted by Gasteiger charge is -2.18. The summed E-state index contributed by atoms with van der Waals surface area (Å²) < 4.78 is 5.89. The molecule has 2 N–H and O–H groups in total. The number of carbonyl (C=O) groups is 2. The summed E-state index contributed by atoms with van der Waals surface area (Å²) in [4.78, 5) is 25.6. The average molecular weight is 417 g/mol. The average Bonchev–Trinajstić information content (AvgIpc) is 2.82. The van der Waals surface area contributed by atoms with Gasteiger partial charge in [0.05, 0.1) is 11.3 Å². The fraction of sp³-hybridized carbons (Fsp3) is 0.231. The molecular weight excluding hydrogens is 388 g/mol. The van der Waals surface area contributed by atoms with Crippen LogP contribution in [0.25, 0.3) is 0 Å². The first-order valence-electron chi connectivity index (χ1n) is 10.6. The van der Waals surface area contributed by atoms with Crippen LogP contribution >= 0.6 is 0 Å². The Morgan fingerprint density at radius 1 is 0.839 bits per heavy atom. The Morgan fingerprint density at radius 3 is 2.19 bits per heavy atom. The van der Waals surface area contributed by atoms with Crippen molar-refractivity contribution in [3.8, 4) is 5.75 Å². The van der Waals surface area contributed by atoms with Gasteiger partial charge in [-0.2, -0.15) is 0 Å². The third-order valence-corrected chi connectivity index (χ3v) is 5.00. The molecule has 0 aliphatic carbocycles. The molecule has 0 bridgehead atoms. The van der Waals surface area contributed by atoms with Crippen LogP contribution in [0.4, 0.5) is 5.69 Å². The minimum atomic E-state index is -0.659. The molecule has 1 atom stereocenters. The Kier molecular flexibility index (Phi) is 7.82. The first-order chi connectivity index (χ1) is 15.1. The molecule has 0 aliphatic rings. The van der Waals surface area contributed by atoms with E-state index >= 15 is 0 Å². The third kappa shape index (κ3) is 6.19. The number of hydrogen-bond acceptors (Lipinski definition) is 3. The van der Waals surface area contributed by atoms with E-state index in [9.17, 15) is 9.59 Å². The lowest BCUT2D eigenvalue weighted by atomic mass is 10.1. The van der Waals surface area contributed by atoms with Gasteiger partial charge in [0.25, 0.3) is 11.8 Å². The van der Waals surface area contributed by atoms with Gasteiger partial charge >= 0.3 is 0 Å². The largest absolute Gasteiger partial charge is 0.481 e. The molecule has 5 nitrogen and oxygen atoms in total. The third-order valence-electron chi connectivity index (χ3n) is 5.00. The molecule has 0 saturated carbocycles. The normalized spacial score (nSPS) is 11.4. The van der Waals surface area contributed by atoms with Gasteiger partial charge in [-0.1, -0.05) is 68.4 Å². The smallest absolute Gasteiger partial charge is 0.265 e. The summed E-state index contributed by atoms with van der Waals surface area (Å²) in [7, 11) is 0. The number of hydrogen-bond donors (Lipinski definition) is 2. The van der Waals surface area contributed by atoms with Crippen LogP contribution < -0.4 is 15.4 Å². The monoisotopic (exact) mass is 416 g/mol. The van der Waals surface area contributed by atoms with Crippen molar-refractivity contribution in [1.82, 2.24) is 5.32 Å². The van der Waals surface area contributed by atoms with Gasteiger partial charge in [-0.05, 0) is 48.2 Å². The van der Waals surface area contributed by atoms with Gasteiger partial charge in [-0.15, -0.1) is 0 Å². The van der Waals surface area contributed by atoms with E-state index < -0.39 is 6.10 Å². The molecule has 0 aromatic heterocycles. The van der Waals surface area contributed by atoms with Crippen LogP contribution in [-0.4, -0.2) is 17.9 Å². The zero-order valence-corrected chi connectivity index (χ0v) is 17.9. The number of rotatable bonds is 9. The van der Waals surface area contributed by atoms with E-state index in [2.05, 4.69) is 17.6 Å². The number of anilines is 1. The molecule has 160 valence electrons. The van der Waals surface area contributed by atoms with Crippen molar-refractivity contribution in [2.45, 2.75) is 39.3 Å². The molecule has 2 amide bonds. The standard InChI is InChI=1S/C26H28N2O3/c1-3-19-14-16-21(17-15-19)31-24(4-2)26(30)28-23-13-9-8-12-22(23)25(29)27-18-20-10-6-5-7-11-20/h5-17,24H,3-4,18H2,1-2H3,(H,27,29)(H,28,30). The highest BCUT2D eigenvalue weighted by Crippen LogP contribution is 2.19. The summed E-state index contributed by atoms with van der Waals surface area (Å²) in [5, 5.41) is 5.76. The molecule has 0 heterocycles. The second-order valence-electron chi connectivity index (χ2n) is 7.22. The molecule has 5 heteroatoms. The molecule has 0 saturated heterocycles. The van der Waals surface area contributed by atoms with Crippen molar-refractivity contribution < 1.29 is 14.3 Å². The van der Waals surface area contributed by atoms with Gasteiger partial charge in [0.15, 0.2) is 6.10 Å². The summed E-state index contributed by atoms with van der Waals surface area (Å²) in [6.07, 6.45) is 0.790. The van der Waals surface area contributed by atoms with Crippen molar-refractivity contribution in [3.63, 3.8) is 0 Å². The Bertz CT molecular complexity index is 1000. The highest BCUT2D eigenvalue weighted by atomic mass is 16.5. The van der Waals surface area contributed by atoms with Crippen molar-refractivity contribution in [2.24, 2.45) is 0 Å². The molecule has 1 unspecified atom stereocenters. The van der Waals surface area contributed by atoms with Crippen LogP contribution in [0.15, 0.2) is 78.9 Å². The molecule has 31 heavy (non-hydrogen) atoms. The fourth-order valence-corrected chi connectivity index (χ4v) is 3.17. The number of para-hydroxylation sites is 1. The Labute approximate surface area is 183 Å². The van der Waals surface area contributed by atoms with Crippen LogP contribution in [0.3, 0.4) is 0 Å². The van der Waals surface area contributed by atoms with Gasteiger partial charge in [0.1, 0.15) is 5.75 Å². The number of ether oxygens (including phenoxy) is 1. The van der Waals surface area contributed by atoms with Crippen LogP contribution in [0.2, 0.25) is 0 Å². The number of amides is 2. The van der Waals surface area contributed by atoms with E-state index in [0.29, 0.717) is 30.0 Å². The van der Waals surface area contributed by atoms with Crippen LogP contribution in [0, 0.1) is 0 Å². The molecule has 3 aromatic rings. The second-order valence-corrected chi connectivity index (χ2v) is 7.22. The minimum absolute atomic E-state index is 0.246. The Hall–Kier alpha value is -3.60. The van der Waals surface area contributed by atoms with Crippen LogP contribution in [0.1, 0.15) is 41.8 Å². The van der Waals surface area contributed by atoms with E-state index in [-0.39, 0.29) is 11.8 Å². The molecule has 3 aromatic carbocycles. The topological polar surface area (TPSA) is 67.4 Å². The molecule has 0 aliphatic heterocycles. The summed E-state index contributed by atoms with van der Waals surface area (Å²) in [5.74, 6) is 0.113.